The van der Waals surface area contributed by atoms with Crippen molar-refractivity contribution in [3.63, 3.8) is 0 Å². The number of allylic oxidation sites excluding steroid dienone is 4. The number of fused-ring (bicyclic) bond motifs is 2. The van der Waals surface area contributed by atoms with Crippen LogP contribution in [0.1, 0.15) is 39.2 Å². The van der Waals surface area contributed by atoms with Gasteiger partial charge < -0.3 is 9.80 Å². The van der Waals surface area contributed by atoms with Crippen molar-refractivity contribution in [3.05, 3.63) is 130 Å². The molecule has 0 saturated heterocycles. The van der Waals surface area contributed by atoms with E-state index in [1.54, 1.807) is 0 Å². The Kier molecular flexibility index (Phi) is 7.60. The van der Waals surface area contributed by atoms with Gasteiger partial charge >= 0.3 is 0 Å². The third-order valence-corrected chi connectivity index (χ3v) is 11.9. The van der Waals surface area contributed by atoms with E-state index in [0.717, 1.165) is 25.9 Å². The summed E-state index contributed by atoms with van der Waals surface area (Å²) in [5, 5.41) is 3.79. The summed E-state index contributed by atoms with van der Waals surface area (Å²) in [5.41, 5.74) is 8.32. The minimum Gasteiger partial charge on any atom is -0.355 e. The first-order chi connectivity index (χ1) is 20.5. The van der Waals surface area contributed by atoms with Crippen molar-refractivity contribution in [1.29, 1.82) is 0 Å². The predicted octanol–water partition coefficient (Wildman–Crippen LogP) is 10.8. The number of thioether (sulfide) groups is 2. The molecule has 2 unspecified atom stereocenters. The lowest BCUT2D eigenvalue weighted by atomic mass is 9.69. The van der Waals surface area contributed by atoms with Crippen LogP contribution in [0.4, 0.5) is 11.4 Å². The summed E-state index contributed by atoms with van der Waals surface area (Å²) in [7, 11) is 0. The maximum absolute atomic E-state index is 2.58. The van der Waals surface area contributed by atoms with Gasteiger partial charge in [0.2, 0.25) is 0 Å². The summed E-state index contributed by atoms with van der Waals surface area (Å²) in [6, 6.07) is 31.3. The minimum atomic E-state index is 0.0426. The fourth-order valence-electron chi connectivity index (χ4n) is 6.62. The number of likely N-dealkylation sites (N-methyl/N-ethyl adjacent to an activating group) is 1. The molecule has 0 spiro atoms. The summed E-state index contributed by atoms with van der Waals surface area (Å²) in [6.07, 6.45) is 9.57. The smallest absolute Gasteiger partial charge is 0.0988 e. The largest absolute Gasteiger partial charge is 0.355 e. The summed E-state index contributed by atoms with van der Waals surface area (Å²) in [5.74, 6) is 0. The highest BCUT2D eigenvalue weighted by molar-refractivity contribution is 8.03. The molecule has 1 aliphatic carbocycles. The van der Waals surface area contributed by atoms with Gasteiger partial charge in [-0.25, -0.2) is 0 Å². The molecule has 0 radical (unpaired) electrons. The molecule has 3 heterocycles. The van der Waals surface area contributed by atoms with Crippen LogP contribution in [-0.4, -0.2) is 18.5 Å². The van der Waals surface area contributed by atoms with Gasteiger partial charge in [-0.15, -0.1) is 11.3 Å². The number of anilines is 2. The predicted molar refractivity (Wildman–Crippen MR) is 185 cm³/mol. The summed E-state index contributed by atoms with van der Waals surface area (Å²) in [4.78, 5) is 9.11. The molecule has 0 fully saturated rings. The Morgan fingerprint density at radius 1 is 0.857 bits per heavy atom. The van der Waals surface area contributed by atoms with Gasteiger partial charge in [-0.1, -0.05) is 91.1 Å². The molecule has 0 amide bonds. The fraction of sp³-hybridized carbons (Fsp3) is 0.243. The zero-order valence-corrected chi connectivity index (χ0v) is 26.9. The normalized spacial score (nSPS) is 23.4. The molecule has 0 saturated carbocycles. The Balaban J connectivity index is 1.25. The molecular weight excluding hydrogens is 569 g/mol. The number of benzene rings is 3. The zero-order valence-electron chi connectivity index (χ0n) is 24.4. The number of hydrogen-bond acceptors (Lipinski definition) is 5. The summed E-state index contributed by atoms with van der Waals surface area (Å²) in [6.45, 7) is 8.95. The molecule has 3 aromatic carbocycles. The minimum absolute atomic E-state index is 0.0426. The topological polar surface area (TPSA) is 6.48 Å². The lowest BCUT2D eigenvalue weighted by molar-refractivity contribution is 0.457. The quantitative estimate of drug-likeness (QED) is 0.216. The van der Waals surface area contributed by atoms with Crippen LogP contribution >= 0.6 is 34.9 Å². The Morgan fingerprint density at radius 2 is 1.69 bits per heavy atom. The number of para-hydroxylation sites is 1. The van der Waals surface area contributed by atoms with Crippen molar-refractivity contribution in [1.82, 2.24) is 0 Å². The van der Waals surface area contributed by atoms with E-state index in [9.17, 15) is 0 Å². The van der Waals surface area contributed by atoms with Crippen LogP contribution in [0.15, 0.2) is 135 Å². The molecule has 7 rings (SSSR count). The molecule has 42 heavy (non-hydrogen) atoms. The maximum atomic E-state index is 2.58. The van der Waals surface area contributed by atoms with Gasteiger partial charge in [-0.2, -0.15) is 0 Å². The van der Waals surface area contributed by atoms with E-state index < -0.39 is 0 Å². The SMILES string of the molecule is CCN1C(=CC2=CC(=CC3Sc4ccc(-c5cccs5)cc4N3CC)CC(C)(c3ccccc3)C2)Sc2ccccc21. The number of nitrogens with zero attached hydrogens (tertiary/aromatic N) is 2. The highest BCUT2D eigenvalue weighted by atomic mass is 32.2. The average Bonchev–Trinajstić information content (AvgIpc) is 3.74. The van der Waals surface area contributed by atoms with E-state index in [2.05, 4.69) is 139 Å². The van der Waals surface area contributed by atoms with Crippen LogP contribution in [0.3, 0.4) is 0 Å². The van der Waals surface area contributed by atoms with Crippen molar-refractivity contribution in [2.24, 2.45) is 0 Å². The first-order valence-corrected chi connectivity index (χ1v) is 17.5. The van der Waals surface area contributed by atoms with Crippen molar-refractivity contribution < 1.29 is 0 Å². The third-order valence-electron chi connectivity index (χ3n) is 8.62. The van der Waals surface area contributed by atoms with Gasteiger partial charge in [0, 0.05) is 33.2 Å². The zero-order chi connectivity index (χ0) is 28.7. The molecule has 212 valence electrons. The van der Waals surface area contributed by atoms with Gasteiger partial charge in [0.15, 0.2) is 0 Å². The molecule has 1 aromatic heterocycles. The third kappa shape index (κ3) is 5.16. The molecular formula is C37H36N2S3. The molecule has 5 heteroatoms. The number of rotatable bonds is 6. The van der Waals surface area contributed by atoms with E-state index in [0.29, 0.717) is 5.37 Å². The van der Waals surface area contributed by atoms with Crippen LogP contribution in [0.5, 0.6) is 0 Å². The molecule has 4 aromatic rings. The molecule has 3 aliphatic rings. The lowest BCUT2D eigenvalue weighted by Crippen LogP contribution is -2.30. The molecule has 0 N–H and O–H groups in total. The average molecular weight is 605 g/mol. The first-order valence-electron chi connectivity index (χ1n) is 14.9. The molecule has 2 nitrogen and oxygen atoms in total. The van der Waals surface area contributed by atoms with Crippen molar-refractivity contribution >= 4 is 46.2 Å². The summed E-state index contributed by atoms with van der Waals surface area (Å²) < 4.78 is 0. The van der Waals surface area contributed by atoms with Crippen LogP contribution in [0, 0.1) is 0 Å². The second-order valence-electron chi connectivity index (χ2n) is 11.5. The number of thiophene rings is 1. The van der Waals surface area contributed by atoms with Gasteiger partial charge in [0.05, 0.1) is 21.8 Å². The first kappa shape index (κ1) is 27.7. The number of hydrogen-bond donors (Lipinski definition) is 0. The monoisotopic (exact) mass is 604 g/mol. The van der Waals surface area contributed by atoms with E-state index in [1.165, 1.54) is 53.3 Å². The maximum Gasteiger partial charge on any atom is 0.0988 e. The standard InChI is InChI=1S/C37H36N2S3/c1-4-38-30-14-9-10-15-33(30)41-35(38)21-26-20-27(25-37(3,24-26)29-12-7-6-8-13-29)22-36-39(5-2)31-23-28(17-18-34(31)42-36)32-16-11-19-40-32/h6-23,36H,4-5,24-25H2,1-3H3. The van der Waals surface area contributed by atoms with Crippen LogP contribution in [-0.2, 0) is 5.41 Å². The van der Waals surface area contributed by atoms with Crippen molar-refractivity contribution in [3.8, 4) is 10.4 Å². The lowest BCUT2D eigenvalue weighted by Gasteiger charge is -2.36. The Bertz CT molecular complexity index is 1690. The van der Waals surface area contributed by atoms with E-state index in [4.69, 9.17) is 0 Å². The van der Waals surface area contributed by atoms with Crippen molar-refractivity contribution in [2.45, 2.75) is 54.2 Å². The van der Waals surface area contributed by atoms with Gasteiger partial charge in [0.25, 0.3) is 0 Å². The van der Waals surface area contributed by atoms with Crippen LogP contribution < -0.4 is 9.80 Å². The fourth-order valence-corrected chi connectivity index (χ4v) is 9.88. The molecule has 2 atom stereocenters. The highest BCUT2D eigenvalue weighted by Crippen LogP contribution is 2.50. The van der Waals surface area contributed by atoms with Gasteiger partial charge in [-0.05, 0) is 96.8 Å². The van der Waals surface area contributed by atoms with Crippen LogP contribution in [0.25, 0.3) is 10.4 Å². The molecule has 0 bridgehead atoms. The van der Waals surface area contributed by atoms with Gasteiger partial charge in [0.1, 0.15) is 0 Å². The Labute approximate surface area is 262 Å². The van der Waals surface area contributed by atoms with Crippen LogP contribution in [0.2, 0.25) is 0 Å². The second kappa shape index (κ2) is 11.5. The Hall–Kier alpha value is -3.12. The van der Waals surface area contributed by atoms with Crippen molar-refractivity contribution in [2.75, 3.05) is 22.9 Å². The van der Waals surface area contributed by atoms with E-state index >= 15 is 0 Å². The summed E-state index contributed by atoms with van der Waals surface area (Å²) >= 11 is 5.71. The highest BCUT2D eigenvalue weighted by Gasteiger charge is 2.35. The molecule has 2 aliphatic heterocycles. The van der Waals surface area contributed by atoms with Gasteiger partial charge in [-0.3, -0.25) is 0 Å². The van der Waals surface area contributed by atoms with E-state index in [1.807, 2.05) is 34.9 Å². The van der Waals surface area contributed by atoms with E-state index in [-0.39, 0.29) is 5.41 Å². The second-order valence-corrected chi connectivity index (χ2v) is 14.7. The Morgan fingerprint density at radius 3 is 2.48 bits per heavy atom.